The molecule has 1 saturated heterocycles. The van der Waals surface area contributed by atoms with Gasteiger partial charge in [-0.1, -0.05) is 12.1 Å². The van der Waals surface area contributed by atoms with Crippen LogP contribution in [-0.2, 0) is 4.79 Å². The van der Waals surface area contributed by atoms with E-state index < -0.39 is 27.6 Å². The van der Waals surface area contributed by atoms with Crippen LogP contribution in [0, 0.1) is 16.0 Å². The first kappa shape index (κ1) is 24.6. The predicted molar refractivity (Wildman–Crippen MR) is 141 cm³/mol. The first-order chi connectivity index (χ1) is 17.8. The molecule has 1 aliphatic rings. The van der Waals surface area contributed by atoms with Crippen LogP contribution in [0.3, 0.4) is 0 Å². The lowest BCUT2D eigenvalue weighted by atomic mass is 9.96. The van der Waals surface area contributed by atoms with Crippen molar-refractivity contribution < 1.29 is 19.6 Å². The molecule has 3 aromatic heterocycles. The Balaban J connectivity index is 1.76. The molecule has 0 radical (unpaired) electrons. The summed E-state index contributed by atoms with van der Waals surface area (Å²) >= 11 is 1.15. The van der Waals surface area contributed by atoms with Gasteiger partial charge in [-0.15, -0.1) is 11.3 Å². The van der Waals surface area contributed by atoms with Gasteiger partial charge < -0.3 is 14.9 Å². The summed E-state index contributed by atoms with van der Waals surface area (Å²) in [7, 11) is 0. The molecule has 1 N–H and O–H groups in total. The zero-order chi connectivity index (χ0) is 26.4. The van der Waals surface area contributed by atoms with Gasteiger partial charge in [0.25, 0.3) is 0 Å². The molecular weight excluding hydrogens is 498 g/mol. The Hall–Kier alpha value is -4.06. The lowest BCUT2D eigenvalue weighted by Gasteiger charge is -2.35. The smallest absolute Gasteiger partial charge is 0.342 e. The number of hydrogen-bond donors (Lipinski definition) is 1. The third-order valence-corrected chi connectivity index (χ3v) is 8.08. The average Bonchev–Trinajstić information content (AvgIpc) is 3.27. The third kappa shape index (κ3) is 3.97. The highest BCUT2D eigenvalue weighted by molar-refractivity contribution is 7.24. The highest BCUT2D eigenvalue weighted by Crippen LogP contribution is 2.36. The number of aromatic nitrogens is 2. The van der Waals surface area contributed by atoms with Crippen LogP contribution in [0.4, 0.5) is 11.5 Å². The molecular formula is C25H25N5O6S. The summed E-state index contributed by atoms with van der Waals surface area (Å²) in [5.41, 5.74) is -0.850. The van der Waals surface area contributed by atoms with Crippen molar-refractivity contribution in [2.24, 2.45) is 5.92 Å². The molecule has 1 fully saturated rings. The second-order valence-corrected chi connectivity index (χ2v) is 10.0. The summed E-state index contributed by atoms with van der Waals surface area (Å²) in [5, 5.41) is 21.8. The summed E-state index contributed by atoms with van der Waals surface area (Å²) in [6.45, 7) is 5.73. The molecule has 11 nitrogen and oxygen atoms in total. The number of amides is 1. The van der Waals surface area contributed by atoms with Gasteiger partial charge in [0.15, 0.2) is 5.65 Å². The molecule has 0 saturated carbocycles. The molecule has 0 spiro atoms. The number of pyridine rings is 2. The molecule has 12 heteroatoms. The number of aromatic carboxylic acids is 1. The number of hydrogen-bond acceptors (Lipinski definition) is 8. The number of nitrogens with zero attached hydrogens (tertiary/aromatic N) is 5. The van der Waals surface area contributed by atoms with E-state index in [0.717, 1.165) is 22.1 Å². The highest BCUT2D eigenvalue weighted by atomic mass is 32.1. The number of benzene rings is 1. The molecule has 5 rings (SSSR count). The Labute approximate surface area is 214 Å². The molecule has 192 valence electrons. The first-order valence-corrected chi connectivity index (χ1v) is 12.9. The average molecular weight is 524 g/mol. The van der Waals surface area contributed by atoms with E-state index >= 15 is 0 Å². The van der Waals surface area contributed by atoms with Gasteiger partial charge in [0.05, 0.1) is 26.4 Å². The van der Waals surface area contributed by atoms with E-state index in [2.05, 4.69) is 4.98 Å². The zero-order valence-corrected chi connectivity index (χ0v) is 21.2. The number of thiazole rings is 1. The van der Waals surface area contributed by atoms with Crippen molar-refractivity contribution in [2.45, 2.75) is 26.7 Å². The summed E-state index contributed by atoms with van der Waals surface area (Å²) < 4.78 is 2.34. The van der Waals surface area contributed by atoms with Gasteiger partial charge in [-0.05, 0) is 38.8 Å². The lowest BCUT2D eigenvalue weighted by Crippen LogP contribution is -2.45. The number of carbonyl (C=O) groups is 2. The summed E-state index contributed by atoms with van der Waals surface area (Å²) in [6.07, 6.45) is 1.33. The standard InChI is InChI=1S/C25H25N5O6S/c1-3-27(4-2)23(32)14-8-7-11-28(13-14)22-17(30(35)36)12-15-20(31)19(25(33)34)24-29(21(15)26-22)16-9-5-6-10-18(16)37-24/h5-6,9-10,12,14H,3-4,7-8,11,13H2,1-2H3,(H,33,34). The third-order valence-electron chi connectivity index (χ3n) is 6.93. The van der Waals surface area contributed by atoms with Crippen molar-refractivity contribution in [3.8, 4) is 0 Å². The maximum Gasteiger partial charge on any atom is 0.342 e. The second kappa shape index (κ2) is 9.43. The monoisotopic (exact) mass is 523 g/mol. The normalized spacial score (nSPS) is 15.9. The van der Waals surface area contributed by atoms with Crippen LogP contribution < -0.4 is 10.3 Å². The quantitative estimate of drug-likeness (QED) is 0.298. The van der Waals surface area contributed by atoms with Crippen LogP contribution in [0.2, 0.25) is 0 Å². The Bertz CT molecular complexity index is 1640. The van der Waals surface area contributed by atoms with Crippen LogP contribution in [0.15, 0.2) is 35.1 Å². The van der Waals surface area contributed by atoms with Gasteiger partial charge in [0, 0.05) is 32.2 Å². The zero-order valence-electron chi connectivity index (χ0n) is 20.3. The lowest BCUT2D eigenvalue weighted by molar-refractivity contribution is -0.384. The van der Waals surface area contributed by atoms with E-state index in [9.17, 15) is 29.6 Å². The van der Waals surface area contributed by atoms with Gasteiger partial charge >= 0.3 is 11.7 Å². The molecule has 1 aliphatic heterocycles. The van der Waals surface area contributed by atoms with Crippen LogP contribution in [0.5, 0.6) is 0 Å². The van der Waals surface area contributed by atoms with E-state index in [4.69, 9.17) is 0 Å². The number of carboxylic acids is 1. The summed E-state index contributed by atoms with van der Waals surface area (Å²) in [6, 6.07) is 8.33. The number of carbonyl (C=O) groups excluding carboxylic acids is 1. The molecule has 1 amide bonds. The van der Waals surface area contributed by atoms with Crippen molar-refractivity contribution >= 4 is 60.8 Å². The maximum absolute atomic E-state index is 13.3. The Morgan fingerprint density at radius 2 is 2.00 bits per heavy atom. The Morgan fingerprint density at radius 1 is 1.27 bits per heavy atom. The number of piperidine rings is 1. The SMILES string of the molecule is CCN(CC)C(=O)C1CCCN(c2nc3c(cc2[N+](=O)[O-])c(=O)c(C(=O)O)c2sc4ccccc4n23)C1. The van der Waals surface area contributed by atoms with Gasteiger partial charge in [-0.2, -0.15) is 0 Å². The second-order valence-electron chi connectivity index (χ2n) is 8.97. The maximum atomic E-state index is 13.3. The van der Waals surface area contributed by atoms with Gasteiger partial charge in [-0.25, -0.2) is 9.78 Å². The minimum absolute atomic E-state index is 0.00619. The van der Waals surface area contributed by atoms with E-state index in [1.807, 2.05) is 26.0 Å². The first-order valence-electron chi connectivity index (χ1n) is 12.1. The predicted octanol–water partition coefficient (Wildman–Crippen LogP) is 3.75. The number of nitro groups is 1. The Morgan fingerprint density at radius 3 is 2.68 bits per heavy atom. The summed E-state index contributed by atoms with van der Waals surface area (Å²) in [5.74, 6) is -1.66. The molecule has 4 aromatic rings. The minimum atomic E-state index is -1.41. The van der Waals surface area contributed by atoms with E-state index in [1.54, 1.807) is 26.3 Å². The van der Waals surface area contributed by atoms with Gasteiger partial charge in [0.2, 0.25) is 17.2 Å². The number of carboxylic acid groups (broad SMARTS) is 1. The van der Waals surface area contributed by atoms with Crippen LogP contribution >= 0.6 is 11.3 Å². The molecule has 1 atom stereocenters. The molecule has 1 unspecified atom stereocenters. The van der Waals surface area contributed by atoms with Crippen molar-refractivity contribution in [1.29, 1.82) is 0 Å². The minimum Gasteiger partial charge on any atom is -0.477 e. The topological polar surface area (TPSA) is 138 Å². The van der Waals surface area contributed by atoms with Crippen molar-refractivity contribution in [1.82, 2.24) is 14.3 Å². The number of rotatable bonds is 6. The van der Waals surface area contributed by atoms with E-state index in [1.165, 1.54) is 0 Å². The van der Waals surface area contributed by atoms with Gasteiger partial charge in [-0.3, -0.25) is 24.1 Å². The fraction of sp³-hybridized carbons (Fsp3) is 0.360. The molecule has 0 bridgehead atoms. The van der Waals surface area contributed by atoms with Crippen molar-refractivity contribution in [3.63, 3.8) is 0 Å². The fourth-order valence-corrected chi connectivity index (χ4v) is 6.31. The number of para-hydroxylation sites is 1. The van der Waals surface area contributed by atoms with E-state index in [-0.39, 0.29) is 40.1 Å². The molecule has 1 aromatic carbocycles. The van der Waals surface area contributed by atoms with Gasteiger partial charge in [0.1, 0.15) is 10.4 Å². The van der Waals surface area contributed by atoms with E-state index in [0.29, 0.717) is 38.0 Å². The van der Waals surface area contributed by atoms with Crippen LogP contribution in [-0.4, -0.2) is 62.4 Å². The summed E-state index contributed by atoms with van der Waals surface area (Å²) in [4.78, 5) is 58.3. The van der Waals surface area contributed by atoms with Crippen molar-refractivity contribution in [3.05, 3.63) is 56.2 Å². The Kier molecular flexibility index (Phi) is 6.28. The van der Waals surface area contributed by atoms with Crippen LogP contribution in [0.25, 0.3) is 26.1 Å². The molecule has 37 heavy (non-hydrogen) atoms. The van der Waals surface area contributed by atoms with Crippen LogP contribution in [0.1, 0.15) is 37.0 Å². The number of fused-ring (bicyclic) bond motifs is 5. The molecule has 0 aliphatic carbocycles. The van der Waals surface area contributed by atoms with Crippen molar-refractivity contribution in [2.75, 3.05) is 31.1 Å². The molecule has 4 heterocycles. The highest BCUT2D eigenvalue weighted by Gasteiger charge is 2.33. The fourth-order valence-electron chi connectivity index (χ4n) is 5.13. The largest absolute Gasteiger partial charge is 0.477 e. The number of anilines is 1.